The van der Waals surface area contributed by atoms with E-state index in [1.54, 1.807) is 19.3 Å². The van der Waals surface area contributed by atoms with Crippen LogP contribution in [0, 0.1) is 0 Å². The molecule has 0 aliphatic rings. The number of aliphatic hydroxyl groups is 1. The molecular weight excluding hydrogens is 220 g/mol. The summed E-state index contributed by atoms with van der Waals surface area (Å²) in [6.45, 7) is 3.80. The molecule has 0 aliphatic carbocycles. The molecule has 12 heavy (non-hydrogen) atoms. The Balaban J connectivity index is 2.88. The van der Waals surface area contributed by atoms with Crippen LogP contribution in [0.1, 0.15) is 32.4 Å². The molecular formula is C9H13BrO2. The summed E-state index contributed by atoms with van der Waals surface area (Å²) in [5.41, 5.74) is -0.850. The van der Waals surface area contributed by atoms with E-state index in [1.165, 1.54) is 0 Å². The fourth-order valence-electron chi connectivity index (χ4n) is 1.28. The topological polar surface area (TPSA) is 33.4 Å². The monoisotopic (exact) mass is 232 g/mol. The van der Waals surface area contributed by atoms with E-state index < -0.39 is 5.60 Å². The lowest BCUT2D eigenvalue weighted by molar-refractivity contribution is 0.0237. The fraction of sp³-hybridized carbons (Fsp3) is 0.556. The summed E-state index contributed by atoms with van der Waals surface area (Å²) >= 11 is 3.32. The van der Waals surface area contributed by atoms with Crippen molar-refractivity contribution in [3.05, 3.63) is 22.6 Å². The highest BCUT2D eigenvalue weighted by Gasteiger charge is 2.27. The van der Waals surface area contributed by atoms with Crippen molar-refractivity contribution in [1.29, 1.82) is 0 Å². The van der Waals surface area contributed by atoms with E-state index in [0.29, 0.717) is 12.2 Å². The number of hydrogen-bond donors (Lipinski definition) is 1. The van der Waals surface area contributed by atoms with Gasteiger partial charge in [0.2, 0.25) is 0 Å². The predicted molar refractivity (Wildman–Crippen MR) is 50.9 cm³/mol. The maximum absolute atomic E-state index is 9.93. The third kappa shape index (κ3) is 1.90. The zero-order valence-electron chi connectivity index (χ0n) is 7.30. The van der Waals surface area contributed by atoms with Gasteiger partial charge >= 0.3 is 0 Å². The van der Waals surface area contributed by atoms with Crippen LogP contribution in [0.15, 0.2) is 21.2 Å². The largest absolute Gasteiger partial charge is 0.465 e. The van der Waals surface area contributed by atoms with Crippen molar-refractivity contribution in [2.45, 2.75) is 32.3 Å². The van der Waals surface area contributed by atoms with Crippen LogP contribution in [-0.2, 0) is 5.60 Å². The molecule has 1 N–H and O–H groups in total. The summed E-state index contributed by atoms with van der Waals surface area (Å²) in [4.78, 5) is 0. The van der Waals surface area contributed by atoms with Gasteiger partial charge in [0.15, 0.2) is 0 Å². The van der Waals surface area contributed by atoms with Crippen LogP contribution < -0.4 is 0 Å². The summed E-state index contributed by atoms with van der Waals surface area (Å²) in [5, 5.41) is 9.93. The van der Waals surface area contributed by atoms with E-state index in [9.17, 15) is 5.11 Å². The first-order valence-corrected chi connectivity index (χ1v) is 4.83. The van der Waals surface area contributed by atoms with Gasteiger partial charge < -0.3 is 9.52 Å². The average molecular weight is 233 g/mol. The van der Waals surface area contributed by atoms with Crippen molar-refractivity contribution in [2.24, 2.45) is 0 Å². The maximum Gasteiger partial charge on any atom is 0.149 e. The molecule has 0 spiro atoms. The molecule has 2 nitrogen and oxygen atoms in total. The lowest BCUT2D eigenvalue weighted by Crippen LogP contribution is -2.20. The Morgan fingerprint density at radius 3 is 2.75 bits per heavy atom. The van der Waals surface area contributed by atoms with Crippen LogP contribution in [0.3, 0.4) is 0 Å². The fourth-order valence-corrected chi connectivity index (χ4v) is 1.91. The maximum atomic E-state index is 9.93. The second-order valence-electron chi connectivity index (χ2n) is 3.12. The molecule has 0 amide bonds. The summed E-state index contributed by atoms with van der Waals surface area (Å²) in [5.74, 6) is 0.615. The van der Waals surface area contributed by atoms with Crippen molar-refractivity contribution in [1.82, 2.24) is 0 Å². The molecule has 0 aromatic carbocycles. The predicted octanol–water partition coefficient (Wildman–Crippen LogP) is 3.05. The molecule has 0 fully saturated rings. The number of furan rings is 1. The minimum atomic E-state index is -0.850. The molecule has 1 rings (SSSR count). The molecule has 0 radical (unpaired) electrons. The van der Waals surface area contributed by atoms with Gasteiger partial charge in [-0.1, -0.05) is 13.3 Å². The lowest BCUT2D eigenvalue weighted by Gasteiger charge is -2.20. The highest BCUT2D eigenvalue weighted by atomic mass is 79.9. The third-order valence-electron chi connectivity index (χ3n) is 1.84. The molecule has 1 heterocycles. The first kappa shape index (κ1) is 9.81. The van der Waals surface area contributed by atoms with Gasteiger partial charge in [-0.3, -0.25) is 0 Å². The van der Waals surface area contributed by atoms with Crippen LogP contribution >= 0.6 is 15.9 Å². The second kappa shape index (κ2) is 3.62. The number of rotatable bonds is 3. The molecule has 1 aromatic rings. The van der Waals surface area contributed by atoms with Crippen molar-refractivity contribution in [2.75, 3.05) is 0 Å². The van der Waals surface area contributed by atoms with Crippen molar-refractivity contribution >= 4 is 15.9 Å². The number of halogens is 1. The van der Waals surface area contributed by atoms with E-state index >= 15 is 0 Å². The van der Waals surface area contributed by atoms with Gasteiger partial charge in [0, 0.05) is 0 Å². The molecule has 3 heteroatoms. The Bertz CT molecular complexity index is 253. The first-order valence-electron chi connectivity index (χ1n) is 4.04. The molecule has 0 saturated heterocycles. The van der Waals surface area contributed by atoms with Gasteiger partial charge in [0.1, 0.15) is 11.4 Å². The Morgan fingerprint density at radius 1 is 1.67 bits per heavy atom. The molecule has 1 unspecified atom stereocenters. The average Bonchev–Trinajstić information content (AvgIpc) is 2.35. The first-order chi connectivity index (χ1) is 5.58. The Kier molecular flexibility index (Phi) is 2.96. The quantitative estimate of drug-likeness (QED) is 0.870. The SMILES string of the molecule is CCCC(C)(O)c1occc1Br. The Hall–Kier alpha value is -0.280. The van der Waals surface area contributed by atoms with Crippen molar-refractivity contribution in [3.63, 3.8) is 0 Å². The summed E-state index contributed by atoms with van der Waals surface area (Å²) < 4.78 is 6.02. The number of hydrogen-bond acceptors (Lipinski definition) is 2. The minimum Gasteiger partial charge on any atom is -0.465 e. The highest BCUT2D eigenvalue weighted by molar-refractivity contribution is 9.10. The Morgan fingerprint density at radius 2 is 2.33 bits per heavy atom. The smallest absolute Gasteiger partial charge is 0.149 e. The van der Waals surface area contributed by atoms with Crippen molar-refractivity contribution < 1.29 is 9.52 Å². The Labute approximate surface area is 80.7 Å². The normalized spacial score (nSPS) is 16.0. The standard InChI is InChI=1S/C9H13BrO2/c1-3-5-9(2,11)8-7(10)4-6-12-8/h4,6,11H,3,5H2,1-2H3. The van der Waals surface area contributed by atoms with Crippen LogP contribution in [0.5, 0.6) is 0 Å². The van der Waals surface area contributed by atoms with E-state index in [1.807, 2.05) is 6.92 Å². The highest BCUT2D eigenvalue weighted by Crippen LogP contribution is 2.32. The van der Waals surface area contributed by atoms with E-state index in [0.717, 1.165) is 10.9 Å². The van der Waals surface area contributed by atoms with E-state index in [2.05, 4.69) is 15.9 Å². The molecule has 68 valence electrons. The van der Waals surface area contributed by atoms with Crippen LogP contribution in [0.4, 0.5) is 0 Å². The van der Waals surface area contributed by atoms with E-state index in [4.69, 9.17) is 4.42 Å². The van der Waals surface area contributed by atoms with Crippen LogP contribution in [-0.4, -0.2) is 5.11 Å². The van der Waals surface area contributed by atoms with Gasteiger partial charge in [-0.15, -0.1) is 0 Å². The van der Waals surface area contributed by atoms with Crippen LogP contribution in [0.25, 0.3) is 0 Å². The molecule has 0 saturated carbocycles. The van der Waals surface area contributed by atoms with E-state index in [-0.39, 0.29) is 0 Å². The van der Waals surface area contributed by atoms with Gasteiger partial charge in [0.05, 0.1) is 10.7 Å². The molecule has 1 atom stereocenters. The van der Waals surface area contributed by atoms with Gasteiger partial charge in [0.25, 0.3) is 0 Å². The third-order valence-corrected chi connectivity index (χ3v) is 2.47. The van der Waals surface area contributed by atoms with Crippen LogP contribution in [0.2, 0.25) is 0 Å². The molecule has 1 aromatic heterocycles. The van der Waals surface area contributed by atoms with Crippen molar-refractivity contribution in [3.8, 4) is 0 Å². The van der Waals surface area contributed by atoms with Gasteiger partial charge in [-0.05, 0) is 35.3 Å². The zero-order valence-corrected chi connectivity index (χ0v) is 8.89. The molecule has 0 aliphatic heterocycles. The zero-order chi connectivity index (χ0) is 9.19. The summed E-state index contributed by atoms with van der Waals surface area (Å²) in [6.07, 6.45) is 3.21. The lowest BCUT2D eigenvalue weighted by atomic mass is 9.98. The second-order valence-corrected chi connectivity index (χ2v) is 3.98. The van der Waals surface area contributed by atoms with Gasteiger partial charge in [-0.2, -0.15) is 0 Å². The molecule has 0 bridgehead atoms. The summed E-state index contributed by atoms with van der Waals surface area (Å²) in [6, 6.07) is 1.79. The summed E-state index contributed by atoms with van der Waals surface area (Å²) in [7, 11) is 0. The van der Waals surface area contributed by atoms with Gasteiger partial charge in [-0.25, -0.2) is 0 Å². The minimum absolute atomic E-state index is 0.615.